The summed E-state index contributed by atoms with van der Waals surface area (Å²) in [6.45, 7) is 5.81. The minimum atomic E-state index is -0.759. The molecule has 1 N–H and O–H groups in total. The maximum absolute atomic E-state index is 13.4. The number of carbonyl (C=O) groups is 2. The van der Waals surface area contributed by atoms with Gasteiger partial charge < -0.3 is 5.32 Å². The van der Waals surface area contributed by atoms with E-state index in [2.05, 4.69) is 5.32 Å². The van der Waals surface area contributed by atoms with Crippen molar-refractivity contribution in [1.82, 2.24) is 5.32 Å². The van der Waals surface area contributed by atoms with Crippen LogP contribution in [0.3, 0.4) is 0 Å². The van der Waals surface area contributed by atoms with Crippen molar-refractivity contribution in [3.05, 3.63) is 88.6 Å². The molecule has 2 amide bonds. The number of nitrogens with zero attached hydrogens (tertiary/aromatic N) is 1. The summed E-state index contributed by atoms with van der Waals surface area (Å²) in [6.07, 6.45) is 0.249. The van der Waals surface area contributed by atoms with E-state index in [1.807, 2.05) is 98.9 Å². The second-order valence-corrected chi connectivity index (χ2v) is 8.94. The first-order valence-electron chi connectivity index (χ1n) is 9.61. The standard InChI is InChI=1S/C24H26N2O2S/c1-24(2,3)25-23(28)22(18-11-6-4-7-12-18)26(19-13-8-5-9-14-19)21(27)17-20-15-10-16-29-20/h4-16,22H,17H2,1-3H3,(H,25,28). The fraction of sp³-hybridized carbons (Fsp3) is 0.250. The average Bonchev–Trinajstić information content (AvgIpc) is 3.18. The number of carbonyl (C=O) groups excluding carboxylic acids is 2. The van der Waals surface area contributed by atoms with Crippen molar-refractivity contribution >= 4 is 28.8 Å². The number of benzene rings is 2. The molecule has 0 aliphatic carbocycles. The smallest absolute Gasteiger partial charge is 0.248 e. The maximum Gasteiger partial charge on any atom is 0.248 e. The molecule has 0 saturated heterocycles. The van der Waals surface area contributed by atoms with Gasteiger partial charge in [-0.25, -0.2) is 0 Å². The van der Waals surface area contributed by atoms with Crippen LogP contribution in [0, 0.1) is 0 Å². The Hall–Kier alpha value is -2.92. The van der Waals surface area contributed by atoms with E-state index in [4.69, 9.17) is 0 Å². The highest BCUT2D eigenvalue weighted by Gasteiger charge is 2.34. The Labute approximate surface area is 176 Å². The van der Waals surface area contributed by atoms with Gasteiger partial charge >= 0.3 is 0 Å². The Morgan fingerprint density at radius 1 is 0.931 bits per heavy atom. The first-order valence-corrected chi connectivity index (χ1v) is 10.5. The number of hydrogen-bond acceptors (Lipinski definition) is 3. The fourth-order valence-electron chi connectivity index (χ4n) is 3.16. The predicted octanol–water partition coefficient (Wildman–Crippen LogP) is 4.98. The Bertz CT molecular complexity index is 932. The molecule has 0 fully saturated rings. The lowest BCUT2D eigenvalue weighted by Gasteiger charge is -2.33. The van der Waals surface area contributed by atoms with Gasteiger partial charge in [0.1, 0.15) is 6.04 Å². The molecule has 0 bridgehead atoms. The van der Waals surface area contributed by atoms with Gasteiger partial charge in [0.05, 0.1) is 6.42 Å². The molecular weight excluding hydrogens is 380 g/mol. The van der Waals surface area contributed by atoms with Crippen molar-refractivity contribution in [1.29, 1.82) is 0 Å². The van der Waals surface area contributed by atoms with Crippen LogP contribution in [0.1, 0.15) is 37.3 Å². The Kier molecular flexibility index (Phi) is 6.49. The lowest BCUT2D eigenvalue weighted by molar-refractivity contribution is -0.127. The Morgan fingerprint density at radius 3 is 2.10 bits per heavy atom. The molecule has 0 spiro atoms. The number of nitrogens with one attached hydrogen (secondary N) is 1. The van der Waals surface area contributed by atoms with Crippen molar-refractivity contribution < 1.29 is 9.59 Å². The Balaban J connectivity index is 2.06. The van der Waals surface area contributed by atoms with Crippen LogP contribution in [-0.2, 0) is 16.0 Å². The van der Waals surface area contributed by atoms with E-state index in [-0.39, 0.29) is 18.2 Å². The van der Waals surface area contributed by atoms with E-state index >= 15 is 0 Å². The molecule has 4 nitrogen and oxygen atoms in total. The quantitative estimate of drug-likeness (QED) is 0.628. The highest BCUT2D eigenvalue weighted by molar-refractivity contribution is 7.10. The molecule has 0 saturated carbocycles. The zero-order chi connectivity index (χ0) is 20.9. The predicted molar refractivity (Wildman–Crippen MR) is 119 cm³/mol. The molecule has 0 aliphatic heterocycles. The first-order chi connectivity index (χ1) is 13.8. The van der Waals surface area contributed by atoms with Crippen LogP contribution in [0.15, 0.2) is 78.2 Å². The molecule has 1 aromatic heterocycles. The first kappa shape index (κ1) is 20.8. The van der Waals surface area contributed by atoms with Gasteiger partial charge in [-0.05, 0) is 49.9 Å². The van der Waals surface area contributed by atoms with E-state index in [1.165, 1.54) is 0 Å². The number of amides is 2. The number of anilines is 1. The number of para-hydroxylation sites is 1. The number of thiophene rings is 1. The summed E-state index contributed by atoms with van der Waals surface area (Å²) in [4.78, 5) is 29.4. The van der Waals surface area contributed by atoms with Gasteiger partial charge in [0, 0.05) is 16.1 Å². The van der Waals surface area contributed by atoms with Crippen molar-refractivity contribution in [3.8, 4) is 0 Å². The number of hydrogen-bond donors (Lipinski definition) is 1. The highest BCUT2D eigenvalue weighted by Crippen LogP contribution is 2.29. The van der Waals surface area contributed by atoms with Gasteiger partial charge in [0.15, 0.2) is 0 Å². The van der Waals surface area contributed by atoms with Crippen molar-refractivity contribution in [2.24, 2.45) is 0 Å². The normalized spacial score (nSPS) is 12.2. The third-order valence-electron chi connectivity index (χ3n) is 4.33. The van der Waals surface area contributed by atoms with Crippen LogP contribution in [0.4, 0.5) is 5.69 Å². The lowest BCUT2D eigenvalue weighted by Crippen LogP contribution is -2.49. The van der Waals surface area contributed by atoms with Gasteiger partial charge in [0.2, 0.25) is 11.8 Å². The van der Waals surface area contributed by atoms with E-state index in [0.29, 0.717) is 5.69 Å². The SMILES string of the molecule is CC(C)(C)NC(=O)C(c1ccccc1)N(C(=O)Cc1cccs1)c1ccccc1. The summed E-state index contributed by atoms with van der Waals surface area (Å²) in [6, 6.07) is 22.0. The summed E-state index contributed by atoms with van der Waals surface area (Å²) in [5.74, 6) is -0.316. The summed E-state index contributed by atoms with van der Waals surface area (Å²) in [5.41, 5.74) is 1.06. The monoisotopic (exact) mass is 406 g/mol. The highest BCUT2D eigenvalue weighted by atomic mass is 32.1. The lowest BCUT2D eigenvalue weighted by atomic mass is 10.0. The van der Waals surface area contributed by atoms with Crippen LogP contribution in [0.2, 0.25) is 0 Å². The van der Waals surface area contributed by atoms with Crippen LogP contribution in [0.5, 0.6) is 0 Å². The molecule has 3 aromatic rings. The van der Waals surface area contributed by atoms with E-state index in [9.17, 15) is 9.59 Å². The summed E-state index contributed by atoms with van der Waals surface area (Å²) < 4.78 is 0. The average molecular weight is 407 g/mol. The van der Waals surface area contributed by atoms with E-state index < -0.39 is 11.6 Å². The van der Waals surface area contributed by atoms with Gasteiger partial charge in [-0.1, -0.05) is 54.6 Å². The number of rotatable bonds is 6. The molecule has 1 unspecified atom stereocenters. The molecule has 150 valence electrons. The molecule has 29 heavy (non-hydrogen) atoms. The van der Waals surface area contributed by atoms with Crippen LogP contribution in [0.25, 0.3) is 0 Å². The third kappa shape index (κ3) is 5.55. The van der Waals surface area contributed by atoms with Crippen molar-refractivity contribution in [2.45, 2.75) is 38.8 Å². The molecule has 2 aromatic carbocycles. The van der Waals surface area contributed by atoms with Crippen LogP contribution in [-0.4, -0.2) is 17.4 Å². The van der Waals surface area contributed by atoms with Gasteiger partial charge in [-0.2, -0.15) is 0 Å². The van der Waals surface area contributed by atoms with E-state index in [1.54, 1.807) is 16.2 Å². The van der Waals surface area contributed by atoms with E-state index in [0.717, 1.165) is 10.4 Å². The van der Waals surface area contributed by atoms with Gasteiger partial charge in [-0.3, -0.25) is 14.5 Å². The van der Waals surface area contributed by atoms with Crippen LogP contribution < -0.4 is 10.2 Å². The minimum absolute atomic E-state index is 0.114. The largest absolute Gasteiger partial charge is 0.349 e. The second-order valence-electron chi connectivity index (χ2n) is 7.91. The molecule has 0 aliphatic rings. The zero-order valence-electron chi connectivity index (χ0n) is 17.0. The Morgan fingerprint density at radius 2 is 1.55 bits per heavy atom. The zero-order valence-corrected chi connectivity index (χ0v) is 17.8. The van der Waals surface area contributed by atoms with Crippen molar-refractivity contribution in [2.75, 3.05) is 4.90 Å². The van der Waals surface area contributed by atoms with Gasteiger partial charge in [0.25, 0.3) is 0 Å². The molecule has 1 heterocycles. The summed E-state index contributed by atoms with van der Waals surface area (Å²) in [7, 11) is 0. The second kappa shape index (κ2) is 9.05. The molecule has 5 heteroatoms. The third-order valence-corrected chi connectivity index (χ3v) is 5.21. The molecule has 1 atom stereocenters. The summed E-state index contributed by atoms with van der Waals surface area (Å²) >= 11 is 1.54. The van der Waals surface area contributed by atoms with Gasteiger partial charge in [-0.15, -0.1) is 11.3 Å². The maximum atomic E-state index is 13.4. The van der Waals surface area contributed by atoms with Crippen molar-refractivity contribution in [3.63, 3.8) is 0 Å². The molecule has 0 radical (unpaired) electrons. The minimum Gasteiger partial charge on any atom is -0.349 e. The summed E-state index contributed by atoms with van der Waals surface area (Å²) in [5, 5.41) is 5.01. The molecular formula is C24H26N2O2S. The topological polar surface area (TPSA) is 49.4 Å². The van der Waals surface area contributed by atoms with Crippen LogP contribution >= 0.6 is 11.3 Å². The fourth-order valence-corrected chi connectivity index (χ4v) is 3.86. The molecule has 3 rings (SSSR count).